The lowest BCUT2D eigenvalue weighted by Crippen LogP contribution is -2.19. The Bertz CT molecular complexity index is 605. The van der Waals surface area contributed by atoms with E-state index in [4.69, 9.17) is 22.1 Å². The molecule has 6 heteroatoms. The molecular weight excluding hydrogens is 264 g/mol. The van der Waals surface area contributed by atoms with E-state index in [9.17, 15) is 0 Å². The third-order valence-electron chi connectivity index (χ3n) is 2.99. The molecule has 0 amide bonds. The summed E-state index contributed by atoms with van der Waals surface area (Å²) in [6.45, 7) is 1.44. The molecule has 2 aromatic rings. The van der Waals surface area contributed by atoms with E-state index in [1.165, 1.54) is 6.33 Å². The van der Waals surface area contributed by atoms with Gasteiger partial charge in [-0.25, -0.2) is 9.97 Å². The van der Waals surface area contributed by atoms with Crippen LogP contribution in [-0.4, -0.2) is 23.1 Å². The molecule has 19 heavy (non-hydrogen) atoms. The Morgan fingerprint density at radius 1 is 1.26 bits per heavy atom. The van der Waals surface area contributed by atoms with Crippen molar-refractivity contribution >= 4 is 28.9 Å². The summed E-state index contributed by atoms with van der Waals surface area (Å²) in [5.41, 5.74) is 6.69. The number of aromatic nitrogens is 2. The summed E-state index contributed by atoms with van der Waals surface area (Å²) in [6, 6.07) is 7.82. The van der Waals surface area contributed by atoms with E-state index in [1.807, 2.05) is 29.2 Å². The molecule has 2 heterocycles. The van der Waals surface area contributed by atoms with Crippen LogP contribution in [-0.2, 0) is 0 Å². The van der Waals surface area contributed by atoms with Crippen LogP contribution in [0.2, 0.25) is 5.02 Å². The summed E-state index contributed by atoms with van der Waals surface area (Å²) in [6.07, 6.45) is 2.31. The number of benzene rings is 1. The number of rotatable bonds is 1. The molecule has 1 aliphatic heterocycles. The molecule has 0 unspecified atom stereocenters. The number of nitrogens with zero attached hydrogens (tertiary/aromatic N) is 3. The number of ether oxygens (including phenoxy) is 1. The van der Waals surface area contributed by atoms with E-state index in [0.29, 0.717) is 17.4 Å². The van der Waals surface area contributed by atoms with Gasteiger partial charge in [-0.3, -0.25) is 0 Å². The first-order chi connectivity index (χ1) is 9.27. The maximum absolute atomic E-state index is 6.21. The molecule has 1 aromatic heterocycles. The number of nitrogen functional groups attached to an aromatic ring is 1. The van der Waals surface area contributed by atoms with Crippen molar-refractivity contribution < 1.29 is 4.74 Å². The highest BCUT2D eigenvalue weighted by atomic mass is 35.5. The Morgan fingerprint density at radius 3 is 3.00 bits per heavy atom. The van der Waals surface area contributed by atoms with Crippen LogP contribution in [0.3, 0.4) is 0 Å². The van der Waals surface area contributed by atoms with Crippen LogP contribution < -0.4 is 15.4 Å². The highest BCUT2D eigenvalue weighted by molar-refractivity contribution is 6.35. The molecule has 0 radical (unpaired) electrons. The Labute approximate surface area is 116 Å². The van der Waals surface area contributed by atoms with Crippen molar-refractivity contribution in [2.75, 3.05) is 23.8 Å². The van der Waals surface area contributed by atoms with Crippen molar-refractivity contribution in [2.45, 2.75) is 6.42 Å². The van der Waals surface area contributed by atoms with Crippen molar-refractivity contribution in [3.05, 3.63) is 35.6 Å². The van der Waals surface area contributed by atoms with Gasteiger partial charge in [0.1, 0.15) is 22.9 Å². The second kappa shape index (κ2) is 4.93. The molecule has 1 aliphatic rings. The molecule has 5 nitrogen and oxygen atoms in total. The third kappa shape index (κ3) is 2.17. The van der Waals surface area contributed by atoms with E-state index >= 15 is 0 Å². The second-order valence-corrected chi connectivity index (χ2v) is 4.60. The van der Waals surface area contributed by atoms with Gasteiger partial charge in [-0.2, -0.15) is 0 Å². The maximum atomic E-state index is 6.21. The Balaban J connectivity index is 2.12. The van der Waals surface area contributed by atoms with E-state index in [0.717, 1.165) is 24.4 Å². The fraction of sp³-hybridized carbons (Fsp3) is 0.231. The molecule has 3 rings (SSSR count). The Kier molecular flexibility index (Phi) is 3.13. The van der Waals surface area contributed by atoms with Crippen molar-refractivity contribution in [1.82, 2.24) is 9.97 Å². The standard InChI is InChI=1S/C13H13ClN4O/c14-11-12(15)16-8-17-13(11)18-6-3-7-19-10-5-2-1-4-9(10)18/h1-2,4-5,8H,3,6-7H2,(H2,15,16,17). The van der Waals surface area contributed by atoms with Crippen LogP contribution in [0.1, 0.15) is 6.42 Å². The summed E-state index contributed by atoms with van der Waals surface area (Å²) in [5, 5.41) is 0.374. The molecule has 98 valence electrons. The lowest BCUT2D eigenvalue weighted by Gasteiger charge is -2.23. The fourth-order valence-corrected chi connectivity index (χ4v) is 2.31. The zero-order valence-electron chi connectivity index (χ0n) is 10.2. The second-order valence-electron chi connectivity index (χ2n) is 4.22. The van der Waals surface area contributed by atoms with Gasteiger partial charge in [-0.1, -0.05) is 23.7 Å². The van der Waals surface area contributed by atoms with E-state index in [2.05, 4.69) is 9.97 Å². The topological polar surface area (TPSA) is 64.3 Å². The minimum Gasteiger partial charge on any atom is -0.491 e. The van der Waals surface area contributed by atoms with Crippen LogP contribution in [0.15, 0.2) is 30.6 Å². The molecule has 2 N–H and O–H groups in total. The van der Waals surface area contributed by atoms with Gasteiger partial charge in [-0.05, 0) is 18.6 Å². The summed E-state index contributed by atoms with van der Waals surface area (Å²) in [7, 11) is 0. The van der Waals surface area contributed by atoms with E-state index in [-0.39, 0.29) is 5.82 Å². The molecule has 0 saturated heterocycles. The molecule has 0 atom stereocenters. The Hall–Kier alpha value is -2.01. The molecule has 0 fully saturated rings. The smallest absolute Gasteiger partial charge is 0.157 e. The zero-order chi connectivity index (χ0) is 13.2. The summed E-state index contributed by atoms with van der Waals surface area (Å²) < 4.78 is 5.71. The predicted molar refractivity (Wildman–Crippen MR) is 75.0 cm³/mol. The van der Waals surface area contributed by atoms with Gasteiger partial charge in [0.05, 0.1) is 12.3 Å². The molecular formula is C13H13ClN4O. The first-order valence-corrected chi connectivity index (χ1v) is 6.40. The Morgan fingerprint density at radius 2 is 2.11 bits per heavy atom. The lowest BCUT2D eigenvalue weighted by molar-refractivity contribution is 0.322. The van der Waals surface area contributed by atoms with Crippen molar-refractivity contribution in [3.63, 3.8) is 0 Å². The average molecular weight is 277 g/mol. The predicted octanol–water partition coefficient (Wildman–Crippen LogP) is 2.63. The average Bonchev–Trinajstić information content (AvgIpc) is 2.64. The number of nitrogens with two attached hydrogens (primary N) is 1. The van der Waals surface area contributed by atoms with Crippen LogP contribution >= 0.6 is 11.6 Å². The number of hydrogen-bond acceptors (Lipinski definition) is 5. The van der Waals surface area contributed by atoms with Crippen LogP contribution in [0.25, 0.3) is 0 Å². The van der Waals surface area contributed by atoms with Gasteiger partial charge < -0.3 is 15.4 Å². The van der Waals surface area contributed by atoms with Crippen molar-refractivity contribution in [3.8, 4) is 5.75 Å². The SMILES string of the molecule is Nc1ncnc(N2CCCOc3ccccc32)c1Cl. The number of hydrogen-bond donors (Lipinski definition) is 1. The maximum Gasteiger partial charge on any atom is 0.157 e. The highest BCUT2D eigenvalue weighted by Gasteiger charge is 2.21. The van der Waals surface area contributed by atoms with Gasteiger partial charge in [-0.15, -0.1) is 0 Å². The largest absolute Gasteiger partial charge is 0.491 e. The lowest BCUT2D eigenvalue weighted by atomic mass is 10.2. The monoisotopic (exact) mass is 276 g/mol. The first-order valence-electron chi connectivity index (χ1n) is 6.02. The number of anilines is 3. The van der Waals surface area contributed by atoms with E-state index in [1.54, 1.807) is 0 Å². The van der Waals surface area contributed by atoms with Gasteiger partial charge in [0.25, 0.3) is 0 Å². The number of fused-ring (bicyclic) bond motifs is 1. The molecule has 1 aromatic carbocycles. The minimum atomic E-state index is 0.286. The molecule has 0 saturated carbocycles. The van der Waals surface area contributed by atoms with Crippen LogP contribution in [0.4, 0.5) is 17.3 Å². The van der Waals surface area contributed by atoms with E-state index < -0.39 is 0 Å². The van der Waals surface area contributed by atoms with Crippen LogP contribution in [0, 0.1) is 0 Å². The van der Waals surface area contributed by atoms with Gasteiger partial charge in [0.2, 0.25) is 0 Å². The van der Waals surface area contributed by atoms with Gasteiger partial charge in [0, 0.05) is 6.54 Å². The van der Waals surface area contributed by atoms with Crippen LogP contribution in [0.5, 0.6) is 5.75 Å². The molecule has 0 spiro atoms. The summed E-state index contributed by atoms with van der Waals surface area (Å²) in [5.74, 6) is 1.73. The van der Waals surface area contributed by atoms with Crippen molar-refractivity contribution in [2.24, 2.45) is 0 Å². The third-order valence-corrected chi connectivity index (χ3v) is 3.36. The zero-order valence-corrected chi connectivity index (χ0v) is 11.0. The van der Waals surface area contributed by atoms with Gasteiger partial charge >= 0.3 is 0 Å². The normalized spacial score (nSPS) is 14.5. The summed E-state index contributed by atoms with van der Waals surface area (Å²) >= 11 is 6.21. The first kappa shape index (κ1) is 12.0. The van der Waals surface area contributed by atoms with Gasteiger partial charge in [0.15, 0.2) is 5.82 Å². The number of halogens is 1. The summed E-state index contributed by atoms with van der Waals surface area (Å²) in [4.78, 5) is 10.2. The minimum absolute atomic E-state index is 0.286. The number of para-hydroxylation sites is 2. The molecule has 0 aliphatic carbocycles. The quantitative estimate of drug-likeness (QED) is 0.867. The molecule has 0 bridgehead atoms. The highest BCUT2D eigenvalue weighted by Crippen LogP contribution is 2.38. The van der Waals surface area contributed by atoms with Crippen molar-refractivity contribution in [1.29, 1.82) is 0 Å². The fourth-order valence-electron chi connectivity index (χ4n) is 2.11.